The van der Waals surface area contributed by atoms with Gasteiger partial charge < -0.3 is 14.5 Å². The maximum absolute atomic E-state index is 12.3. The number of carbonyl (C=O) groups is 1. The summed E-state index contributed by atoms with van der Waals surface area (Å²) in [4.78, 5) is 18.7. The summed E-state index contributed by atoms with van der Waals surface area (Å²) in [6, 6.07) is 7.30. The lowest BCUT2D eigenvalue weighted by atomic mass is 10.1. The summed E-state index contributed by atoms with van der Waals surface area (Å²) < 4.78 is 5.43. The summed E-state index contributed by atoms with van der Waals surface area (Å²) in [5.74, 6) is 0.0466. The quantitative estimate of drug-likeness (QED) is 0.613. The van der Waals surface area contributed by atoms with Crippen molar-refractivity contribution in [3.05, 3.63) is 35.4 Å². The average molecular weight is 262 g/mol. The summed E-state index contributed by atoms with van der Waals surface area (Å²) in [5, 5.41) is 3.68. The van der Waals surface area contributed by atoms with Gasteiger partial charge in [-0.3, -0.25) is 4.79 Å². The number of benzene rings is 1. The molecule has 1 aliphatic heterocycles. The number of rotatable bonds is 3. The van der Waals surface area contributed by atoms with E-state index in [2.05, 4.69) is 9.99 Å². The number of carbonyl (C=O) groups excluding carboxylic acids is 1. The van der Waals surface area contributed by atoms with Crippen molar-refractivity contribution in [2.45, 2.75) is 13.0 Å². The van der Waals surface area contributed by atoms with Crippen LogP contribution < -0.4 is 0 Å². The second-order valence-corrected chi connectivity index (χ2v) is 4.47. The molecule has 102 valence electrons. The number of amides is 1. The molecule has 1 amide bonds. The van der Waals surface area contributed by atoms with E-state index in [4.69, 9.17) is 4.74 Å². The van der Waals surface area contributed by atoms with Crippen LogP contribution in [0.25, 0.3) is 0 Å². The zero-order valence-corrected chi connectivity index (χ0v) is 11.2. The fourth-order valence-electron chi connectivity index (χ4n) is 2.01. The summed E-state index contributed by atoms with van der Waals surface area (Å²) in [6.07, 6.45) is 1.70. The van der Waals surface area contributed by atoms with Crippen LogP contribution in [0.5, 0.6) is 0 Å². The van der Waals surface area contributed by atoms with Gasteiger partial charge in [0.15, 0.2) is 0 Å². The van der Waals surface area contributed by atoms with Gasteiger partial charge >= 0.3 is 0 Å². The Morgan fingerprint density at radius 3 is 2.84 bits per heavy atom. The van der Waals surface area contributed by atoms with Gasteiger partial charge in [-0.15, -0.1) is 0 Å². The number of hydrogen-bond donors (Lipinski definition) is 0. The molecule has 19 heavy (non-hydrogen) atoms. The van der Waals surface area contributed by atoms with Crippen LogP contribution in [0.1, 0.15) is 22.8 Å². The van der Waals surface area contributed by atoms with Gasteiger partial charge in [-0.25, -0.2) is 0 Å². The Hall–Kier alpha value is -1.88. The van der Waals surface area contributed by atoms with Gasteiger partial charge in [-0.1, -0.05) is 17.3 Å². The number of hydrogen-bond acceptors (Lipinski definition) is 4. The monoisotopic (exact) mass is 262 g/mol. The molecule has 1 saturated heterocycles. The van der Waals surface area contributed by atoms with Gasteiger partial charge in [0.2, 0.25) is 0 Å². The maximum Gasteiger partial charge on any atom is 0.254 e. The minimum Gasteiger partial charge on any atom is -0.399 e. The van der Waals surface area contributed by atoms with Crippen LogP contribution in [0.4, 0.5) is 0 Å². The van der Waals surface area contributed by atoms with E-state index in [9.17, 15) is 4.79 Å². The molecule has 1 atom stereocenters. The second-order valence-electron chi connectivity index (χ2n) is 4.47. The van der Waals surface area contributed by atoms with Crippen molar-refractivity contribution < 1.29 is 14.4 Å². The molecule has 2 rings (SSSR count). The van der Waals surface area contributed by atoms with Crippen LogP contribution >= 0.6 is 0 Å². The normalized spacial score (nSPS) is 19.7. The molecule has 5 heteroatoms. The molecular formula is C14H18N2O3. The minimum atomic E-state index is 0.0466. The Balaban J connectivity index is 2.04. The molecule has 1 unspecified atom stereocenters. The van der Waals surface area contributed by atoms with Crippen LogP contribution in [-0.2, 0) is 9.57 Å². The Bertz CT molecular complexity index is 456. The van der Waals surface area contributed by atoms with Crippen molar-refractivity contribution in [2.75, 3.05) is 26.8 Å². The second kappa shape index (κ2) is 6.33. The zero-order valence-electron chi connectivity index (χ0n) is 11.2. The van der Waals surface area contributed by atoms with Crippen molar-refractivity contribution in [2.24, 2.45) is 5.16 Å². The van der Waals surface area contributed by atoms with E-state index in [1.807, 2.05) is 24.0 Å². The molecule has 0 spiro atoms. The Morgan fingerprint density at radius 1 is 1.47 bits per heavy atom. The van der Waals surface area contributed by atoms with E-state index >= 15 is 0 Å². The van der Waals surface area contributed by atoms with E-state index in [1.54, 1.807) is 18.3 Å². The number of nitrogens with zero attached hydrogens (tertiary/aromatic N) is 2. The van der Waals surface area contributed by atoms with E-state index < -0.39 is 0 Å². The summed E-state index contributed by atoms with van der Waals surface area (Å²) >= 11 is 0. The highest BCUT2D eigenvalue weighted by molar-refractivity contribution is 5.95. The van der Waals surface area contributed by atoms with Gasteiger partial charge in [-0.05, 0) is 24.6 Å². The van der Waals surface area contributed by atoms with Gasteiger partial charge in [0.1, 0.15) is 7.11 Å². The van der Waals surface area contributed by atoms with Crippen LogP contribution in [0.2, 0.25) is 0 Å². The molecule has 1 aliphatic rings. The minimum absolute atomic E-state index is 0.0466. The molecule has 0 radical (unpaired) electrons. The van der Waals surface area contributed by atoms with Gasteiger partial charge in [0.05, 0.1) is 18.9 Å². The van der Waals surface area contributed by atoms with E-state index in [0.717, 1.165) is 5.56 Å². The van der Waals surface area contributed by atoms with Crippen molar-refractivity contribution in [3.8, 4) is 0 Å². The first-order valence-corrected chi connectivity index (χ1v) is 6.28. The molecule has 1 aromatic rings. The first-order chi connectivity index (χ1) is 9.20. The van der Waals surface area contributed by atoms with E-state index in [-0.39, 0.29) is 12.0 Å². The molecule has 0 N–H and O–H groups in total. The van der Waals surface area contributed by atoms with Crippen LogP contribution in [0.15, 0.2) is 29.4 Å². The highest BCUT2D eigenvalue weighted by atomic mass is 16.6. The van der Waals surface area contributed by atoms with Crippen molar-refractivity contribution >= 4 is 12.1 Å². The topological polar surface area (TPSA) is 51.1 Å². The molecule has 0 bridgehead atoms. The lowest BCUT2D eigenvalue weighted by Gasteiger charge is -2.31. The first kappa shape index (κ1) is 13.5. The first-order valence-electron chi connectivity index (χ1n) is 6.28. The predicted molar refractivity (Wildman–Crippen MR) is 72.4 cm³/mol. The SMILES string of the molecule is CO/N=C/c1ccc(C(=O)N2CCOC(C)C2)cc1. The van der Waals surface area contributed by atoms with Crippen molar-refractivity contribution in [3.63, 3.8) is 0 Å². The van der Waals surface area contributed by atoms with Crippen molar-refractivity contribution in [1.82, 2.24) is 4.90 Å². The maximum atomic E-state index is 12.3. The fourth-order valence-corrected chi connectivity index (χ4v) is 2.01. The van der Waals surface area contributed by atoms with Crippen LogP contribution in [0.3, 0.4) is 0 Å². The summed E-state index contributed by atoms with van der Waals surface area (Å²) in [6.45, 7) is 3.87. The molecule has 1 fully saturated rings. The largest absolute Gasteiger partial charge is 0.399 e. The smallest absolute Gasteiger partial charge is 0.254 e. The Morgan fingerprint density at radius 2 is 2.21 bits per heavy atom. The lowest BCUT2D eigenvalue weighted by molar-refractivity contribution is -0.0124. The molecule has 5 nitrogen and oxygen atoms in total. The van der Waals surface area contributed by atoms with E-state index in [0.29, 0.717) is 25.3 Å². The molecule has 1 aromatic carbocycles. The van der Waals surface area contributed by atoms with Gasteiger partial charge in [-0.2, -0.15) is 0 Å². The summed E-state index contributed by atoms with van der Waals surface area (Å²) in [5.41, 5.74) is 1.58. The Labute approximate surface area is 112 Å². The third-order valence-electron chi connectivity index (χ3n) is 2.99. The average Bonchev–Trinajstić information content (AvgIpc) is 2.45. The van der Waals surface area contributed by atoms with Crippen LogP contribution in [-0.4, -0.2) is 49.9 Å². The highest BCUT2D eigenvalue weighted by Crippen LogP contribution is 2.11. The third kappa shape index (κ3) is 3.54. The number of ether oxygens (including phenoxy) is 1. The standard InChI is InChI=1S/C14H18N2O3/c1-11-10-16(7-8-19-11)14(17)13-5-3-12(4-6-13)9-15-18-2/h3-6,9,11H,7-8,10H2,1-2H3/b15-9+. The number of oxime groups is 1. The zero-order chi connectivity index (χ0) is 13.7. The fraction of sp³-hybridized carbons (Fsp3) is 0.429. The summed E-state index contributed by atoms with van der Waals surface area (Å²) in [7, 11) is 1.49. The Kier molecular flexibility index (Phi) is 4.52. The molecule has 0 aliphatic carbocycles. The number of morpholine rings is 1. The molecule has 1 heterocycles. The van der Waals surface area contributed by atoms with Gasteiger partial charge in [0.25, 0.3) is 5.91 Å². The lowest BCUT2D eigenvalue weighted by Crippen LogP contribution is -2.44. The predicted octanol–water partition coefficient (Wildman–Crippen LogP) is 1.53. The highest BCUT2D eigenvalue weighted by Gasteiger charge is 2.22. The van der Waals surface area contributed by atoms with Crippen molar-refractivity contribution in [1.29, 1.82) is 0 Å². The molecule has 0 aromatic heterocycles. The molecular weight excluding hydrogens is 244 g/mol. The van der Waals surface area contributed by atoms with E-state index in [1.165, 1.54) is 7.11 Å². The van der Waals surface area contributed by atoms with Crippen LogP contribution in [0, 0.1) is 0 Å². The third-order valence-corrected chi connectivity index (χ3v) is 2.99. The van der Waals surface area contributed by atoms with Gasteiger partial charge in [0, 0.05) is 18.7 Å². The molecule has 0 saturated carbocycles.